The first-order valence-electron chi connectivity index (χ1n) is 14.0. The summed E-state index contributed by atoms with van der Waals surface area (Å²) in [5.41, 5.74) is 2.62. The zero-order valence-electron chi connectivity index (χ0n) is 22.9. The van der Waals surface area contributed by atoms with Crippen molar-refractivity contribution in [3.63, 3.8) is 0 Å². The number of unbranched alkanes of at least 4 members (excludes halogenated alkanes) is 12. The summed E-state index contributed by atoms with van der Waals surface area (Å²) in [7, 11) is 0. The van der Waals surface area contributed by atoms with Crippen LogP contribution < -0.4 is 0 Å². The van der Waals surface area contributed by atoms with Crippen LogP contribution in [0.3, 0.4) is 0 Å². The van der Waals surface area contributed by atoms with E-state index in [1.807, 2.05) is 36.4 Å². The third-order valence-electron chi connectivity index (χ3n) is 6.18. The number of rotatable bonds is 18. The maximum absolute atomic E-state index is 10.8. The summed E-state index contributed by atoms with van der Waals surface area (Å²) in [4.78, 5) is 8.32. The standard InChI is InChI=1S/2C15H24N2O.Mn/c2*1-2-3-4-5-6-7-8-12-15(17-18)14-11-9-10-13-16-14;/h2*9-11,13,18H,2-8,12H2,1H3;/q;;+2/p-2/b17-15+;17-15-;. The van der Waals surface area contributed by atoms with Crippen molar-refractivity contribution in [2.24, 2.45) is 10.3 Å². The van der Waals surface area contributed by atoms with Crippen molar-refractivity contribution in [2.75, 3.05) is 0 Å². The van der Waals surface area contributed by atoms with Gasteiger partial charge in [0, 0.05) is 12.4 Å². The van der Waals surface area contributed by atoms with Crippen LogP contribution in [0.1, 0.15) is 128 Å². The summed E-state index contributed by atoms with van der Waals surface area (Å²) in [5, 5.41) is 27.8. The van der Waals surface area contributed by atoms with Crippen LogP contribution in [0.25, 0.3) is 0 Å². The average Bonchev–Trinajstić information content (AvgIpc) is 2.93. The molecule has 0 aliphatic rings. The molecule has 0 aliphatic carbocycles. The van der Waals surface area contributed by atoms with Crippen molar-refractivity contribution < 1.29 is 17.1 Å². The fourth-order valence-corrected chi connectivity index (χ4v) is 4.01. The molecule has 0 aromatic carbocycles. The van der Waals surface area contributed by atoms with Crippen molar-refractivity contribution in [3.05, 3.63) is 70.6 Å². The summed E-state index contributed by atoms with van der Waals surface area (Å²) in [6.07, 6.45) is 22.3. The second-order valence-electron chi connectivity index (χ2n) is 9.25. The zero-order valence-corrected chi connectivity index (χ0v) is 24.1. The van der Waals surface area contributed by atoms with E-state index in [4.69, 9.17) is 0 Å². The Bertz CT molecular complexity index is 747. The number of aromatic nitrogens is 2. The smallest absolute Gasteiger partial charge is 0.792 e. The fraction of sp³-hybridized carbons (Fsp3) is 0.600. The van der Waals surface area contributed by atoms with E-state index < -0.39 is 0 Å². The van der Waals surface area contributed by atoms with E-state index in [9.17, 15) is 10.4 Å². The summed E-state index contributed by atoms with van der Waals surface area (Å²) in [6.45, 7) is 4.45. The van der Waals surface area contributed by atoms with Gasteiger partial charge in [0.2, 0.25) is 0 Å². The topological polar surface area (TPSA) is 96.6 Å². The molecule has 0 atom stereocenters. The number of hydrogen-bond donors (Lipinski definition) is 0. The quantitative estimate of drug-likeness (QED) is 0.0802. The largest absolute Gasteiger partial charge is 2.00 e. The fourth-order valence-electron chi connectivity index (χ4n) is 4.01. The van der Waals surface area contributed by atoms with Gasteiger partial charge in [0.05, 0.1) is 22.8 Å². The van der Waals surface area contributed by atoms with Gasteiger partial charge < -0.3 is 20.7 Å². The maximum atomic E-state index is 10.8. The molecule has 2 heterocycles. The molecule has 0 saturated heterocycles. The first kappa shape index (κ1) is 34.8. The molecule has 0 aliphatic heterocycles. The van der Waals surface area contributed by atoms with Gasteiger partial charge in [-0.1, -0.05) is 103 Å². The van der Waals surface area contributed by atoms with Gasteiger partial charge in [-0.05, 0) is 49.9 Å². The molecule has 1 radical (unpaired) electrons. The van der Waals surface area contributed by atoms with Gasteiger partial charge in [-0.3, -0.25) is 9.97 Å². The Morgan fingerprint density at radius 1 is 0.568 bits per heavy atom. The van der Waals surface area contributed by atoms with E-state index in [0.29, 0.717) is 11.4 Å². The van der Waals surface area contributed by atoms with Gasteiger partial charge in [0.1, 0.15) is 0 Å². The molecule has 0 unspecified atom stereocenters. The molecule has 2 rings (SSSR count). The van der Waals surface area contributed by atoms with Crippen molar-refractivity contribution in [2.45, 2.75) is 117 Å². The molecule has 2 aromatic heterocycles. The summed E-state index contributed by atoms with van der Waals surface area (Å²) < 4.78 is 0. The Kier molecular flexibility index (Phi) is 23.9. The molecule has 0 saturated carbocycles. The molecule has 0 bridgehead atoms. The van der Waals surface area contributed by atoms with Crippen LogP contribution in [-0.2, 0) is 17.1 Å². The summed E-state index contributed by atoms with van der Waals surface area (Å²) >= 11 is 0. The van der Waals surface area contributed by atoms with Gasteiger partial charge in [-0.2, -0.15) is 0 Å². The van der Waals surface area contributed by atoms with Crippen LogP contribution in [-0.4, -0.2) is 21.4 Å². The first-order chi connectivity index (χ1) is 17.8. The van der Waals surface area contributed by atoms with E-state index in [1.165, 1.54) is 77.0 Å². The van der Waals surface area contributed by atoms with Crippen LogP contribution in [0.4, 0.5) is 0 Å². The Hall–Kier alpha value is -2.24. The van der Waals surface area contributed by atoms with Gasteiger partial charge in [-0.25, -0.2) is 0 Å². The van der Waals surface area contributed by atoms with Crippen LogP contribution in [0.5, 0.6) is 0 Å². The van der Waals surface area contributed by atoms with E-state index in [-0.39, 0.29) is 17.1 Å². The molecule has 2 aromatic rings. The van der Waals surface area contributed by atoms with Crippen LogP contribution in [0.2, 0.25) is 0 Å². The minimum atomic E-state index is 0. The second kappa shape index (κ2) is 25.4. The van der Waals surface area contributed by atoms with Crippen molar-refractivity contribution >= 4 is 11.4 Å². The maximum Gasteiger partial charge on any atom is 2.00 e. The monoisotopic (exact) mass is 549 g/mol. The Balaban J connectivity index is 0.000000682. The molecule has 37 heavy (non-hydrogen) atoms. The third kappa shape index (κ3) is 17.8. The minimum absolute atomic E-state index is 0. The summed E-state index contributed by atoms with van der Waals surface area (Å²) in [5.74, 6) is 0. The second-order valence-corrected chi connectivity index (χ2v) is 9.25. The molecule has 0 N–H and O–H groups in total. The van der Waals surface area contributed by atoms with Gasteiger partial charge >= 0.3 is 17.1 Å². The van der Waals surface area contributed by atoms with Gasteiger partial charge in [-0.15, -0.1) is 0 Å². The van der Waals surface area contributed by atoms with E-state index >= 15 is 0 Å². The number of pyridine rings is 2. The molecule has 205 valence electrons. The Labute approximate surface area is 235 Å². The van der Waals surface area contributed by atoms with E-state index in [1.54, 1.807) is 12.4 Å². The molecule has 0 amide bonds. The van der Waals surface area contributed by atoms with E-state index in [0.717, 1.165) is 37.1 Å². The zero-order chi connectivity index (χ0) is 26.1. The Morgan fingerprint density at radius 2 is 0.919 bits per heavy atom. The predicted molar refractivity (Wildman–Crippen MR) is 154 cm³/mol. The predicted octanol–water partition coefficient (Wildman–Crippen LogP) is 9.02. The van der Waals surface area contributed by atoms with Crippen LogP contribution in [0, 0.1) is 10.4 Å². The number of nitrogens with zero attached hydrogens (tertiary/aromatic N) is 4. The van der Waals surface area contributed by atoms with Gasteiger partial charge in [0.25, 0.3) is 0 Å². The van der Waals surface area contributed by atoms with E-state index in [2.05, 4.69) is 34.1 Å². The Morgan fingerprint density at radius 3 is 1.22 bits per heavy atom. The number of hydrogen-bond acceptors (Lipinski definition) is 6. The molecular formula is C30H46MnN4O2. The van der Waals surface area contributed by atoms with Crippen LogP contribution >= 0.6 is 0 Å². The minimum Gasteiger partial charge on any atom is -0.792 e. The third-order valence-corrected chi connectivity index (χ3v) is 6.18. The SMILES string of the molecule is CCCCCCCCC/C(=N/[O-])c1ccccn1.CCCCCCCCC/C(=N\[O-])c1ccccn1.[Mn+2]. The van der Waals surface area contributed by atoms with Crippen molar-refractivity contribution in [1.82, 2.24) is 9.97 Å². The molecule has 7 heteroatoms. The molecule has 0 spiro atoms. The average molecular weight is 550 g/mol. The van der Waals surface area contributed by atoms with Gasteiger partial charge in [0.15, 0.2) is 0 Å². The van der Waals surface area contributed by atoms with Crippen LogP contribution in [0.15, 0.2) is 59.1 Å². The first-order valence-corrected chi connectivity index (χ1v) is 14.0. The molecular weight excluding hydrogens is 503 g/mol. The summed E-state index contributed by atoms with van der Waals surface area (Å²) in [6, 6.07) is 11.2. The van der Waals surface area contributed by atoms with Crippen molar-refractivity contribution in [3.8, 4) is 0 Å². The normalized spacial score (nSPS) is 11.4. The molecule has 0 fully saturated rings. The molecule has 6 nitrogen and oxygen atoms in total. The van der Waals surface area contributed by atoms with Crippen molar-refractivity contribution in [1.29, 1.82) is 0 Å².